The molecular weight excluding hydrogens is 328 g/mol. The topological polar surface area (TPSA) is 79.0 Å². The van der Waals surface area contributed by atoms with E-state index < -0.39 is 0 Å². The van der Waals surface area contributed by atoms with Crippen LogP contribution in [0.4, 0.5) is 0 Å². The molecule has 1 aromatic heterocycles. The summed E-state index contributed by atoms with van der Waals surface area (Å²) in [6.45, 7) is 5.94. The van der Waals surface area contributed by atoms with Crippen molar-refractivity contribution in [2.24, 2.45) is 0 Å². The van der Waals surface area contributed by atoms with E-state index in [2.05, 4.69) is 27.6 Å². The second-order valence-corrected chi connectivity index (χ2v) is 5.82. The third kappa shape index (κ3) is 3.92. The number of amides is 1. The van der Waals surface area contributed by atoms with Crippen molar-refractivity contribution in [1.29, 1.82) is 0 Å². The van der Waals surface area contributed by atoms with Gasteiger partial charge < -0.3 is 4.74 Å². The van der Waals surface area contributed by atoms with Gasteiger partial charge >= 0.3 is 0 Å². The standard InChI is InChI=1S/C20H20N4O2/c1-13-4-6-15(7-5-13)14(2)21-24-20(25)19-12-18(22-23-19)16-8-10-17(26-3)11-9-16/h4-12,21H,2H2,1,3H3,(H,22,23)(H,24,25). The number of methoxy groups -OCH3 is 1. The molecule has 0 fully saturated rings. The molecule has 0 unspecified atom stereocenters. The predicted octanol–water partition coefficient (Wildman–Crippen LogP) is 3.30. The third-order valence-corrected chi connectivity index (χ3v) is 3.94. The number of aromatic nitrogens is 2. The molecule has 0 aliphatic carbocycles. The van der Waals surface area contributed by atoms with Crippen molar-refractivity contribution in [3.63, 3.8) is 0 Å². The van der Waals surface area contributed by atoms with Crippen LogP contribution in [0.15, 0.2) is 61.2 Å². The van der Waals surface area contributed by atoms with Gasteiger partial charge in [0.15, 0.2) is 0 Å². The Morgan fingerprint density at radius 3 is 2.42 bits per heavy atom. The fourth-order valence-electron chi connectivity index (χ4n) is 2.37. The lowest BCUT2D eigenvalue weighted by Crippen LogP contribution is -2.36. The number of hydrogen-bond donors (Lipinski definition) is 3. The maximum absolute atomic E-state index is 12.3. The van der Waals surface area contributed by atoms with Gasteiger partial charge in [0.2, 0.25) is 0 Å². The van der Waals surface area contributed by atoms with Crippen molar-refractivity contribution < 1.29 is 9.53 Å². The van der Waals surface area contributed by atoms with E-state index in [9.17, 15) is 4.79 Å². The molecule has 2 aromatic carbocycles. The molecule has 0 spiro atoms. The summed E-state index contributed by atoms with van der Waals surface area (Å²) >= 11 is 0. The Kier molecular flexibility index (Phi) is 5.03. The first-order valence-electron chi connectivity index (χ1n) is 8.09. The smallest absolute Gasteiger partial charge is 0.287 e. The Hall–Kier alpha value is -3.54. The summed E-state index contributed by atoms with van der Waals surface area (Å²) < 4.78 is 5.14. The summed E-state index contributed by atoms with van der Waals surface area (Å²) in [6, 6.07) is 17.0. The van der Waals surface area contributed by atoms with Crippen LogP contribution >= 0.6 is 0 Å². The fraction of sp³-hybridized carbons (Fsp3) is 0.100. The summed E-state index contributed by atoms with van der Waals surface area (Å²) in [5.41, 5.74) is 10.0. The van der Waals surface area contributed by atoms with E-state index in [-0.39, 0.29) is 5.91 Å². The van der Waals surface area contributed by atoms with Crippen LogP contribution in [-0.4, -0.2) is 23.2 Å². The molecule has 6 heteroatoms. The van der Waals surface area contributed by atoms with Crippen LogP contribution in [0.1, 0.15) is 21.6 Å². The quantitative estimate of drug-likeness (QED) is 0.597. The van der Waals surface area contributed by atoms with Crippen molar-refractivity contribution in [3.05, 3.63) is 78.0 Å². The molecule has 0 atom stereocenters. The van der Waals surface area contributed by atoms with Gasteiger partial charge in [-0.3, -0.25) is 20.7 Å². The minimum absolute atomic E-state index is 0.328. The molecule has 1 heterocycles. The first-order chi connectivity index (χ1) is 12.6. The van der Waals surface area contributed by atoms with E-state index in [0.29, 0.717) is 17.1 Å². The lowest BCUT2D eigenvalue weighted by Gasteiger charge is -2.10. The van der Waals surface area contributed by atoms with Crippen molar-refractivity contribution in [1.82, 2.24) is 21.0 Å². The van der Waals surface area contributed by atoms with Crippen molar-refractivity contribution in [2.75, 3.05) is 7.11 Å². The van der Waals surface area contributed by atoms with E-state index >= 15 is 0 Å². The molecule has 0 saturated heterocycles. The highest BCUT2D eigenvalue weighted by Gasteiger charge is 2.11. The zero-order chi connectivity index (χ0) is 18.5. The van der Waals surface area contributed by atoms with Crippen molar-refractivity contribution >= 4 is 11.6 Å². The number of ether oxygens (including phenoxy) is 1. The van der Waals surface area contributed by atoms with E-state index in [1.807, 2.05) is 55.5 Å². The fourth-order valence-corrected chi connectivity index (χ4v) is 2.37. The van der Waals surface area contributed by atoms with Crippen molar-refractivity contribution in [3.8, 4) is 17.0 Å². The lowest BCUT2D eigenvalue weighted by molar-refractivity contribution is 0.0937. The first kappa shape index (κ1) is 17.3. The molecule has 0 aliphatic heterocycles. The molecular formula is C20H20N4O2. The van der Waals surface area contributed by atoms with Gasteiger partial charge in [0.1, 0.15) is 11.4 Å². The number of benzene rings is 2. The van der Waals surface area contributed by atoms with Crippen molar-refractivity contribution in [2.45, 2.75) is 6.92 Å². The van der Waals surface area contributed by atoms with Gasteiger partial charge in [0.05, 0.1) is 18.5 Å². The van der Waals surface area contributed by atoms with Gasteiger partial charge in [0, 0.05) is 5.56 Å². The summed E-state index contributed by atoms with van der Waals surface area (Å²) in [5.74, 6) is 0.437. The number of carbonyl (C=O) groups excluding carboxylic acids is 1. The number of H-pyrrole nitrogens is 1. The molecule has 3 N–H and O–H groups in total. The van der Waals surface area contributed by atoms with Crippen LogP contribution < -0.4 is 15.6 Å². The summed E-state index contributed by atoms with van der Waals surface area (Å²) in [6.07, 6.45) is 0. The highest BCUT2D eigenvalue weighted by atomic mass is 16.5. The lowest BCUT2D eigenvalue weighted by atomic mass is 10.1. The molecule has 0 saturated carbocycles. The highest BCUT2D eigenvalue weighted by molar-refractivity contribution is 5.93. The maximum atomic E-state index is 12.3. The van der Waals surface area contributed by atoms with Gasteiger partial charge in [-0.1, -0.05) is 36.4 Å². The zero-order valence-electron chi connectivity index (χ0n) is 14.7. The third-order valence-electron chi connectivity index (χ3n) is 3.94. The maximum Gasteiger partial charge on any atom is 0.287 e. The Labute approximate surface area is 151 Å². The van der Waals surface area contributed by atoms with E-state index in [1.165, 1.54) is 0 Å². The Morgan fingerprint density at radius 1 is 1.08 bits per heavy atom. The zero-order valence-corrected chi connectivity index (χ0v) is 14.7. The molecule has 6 nitrogen and oxygen atoms in total. The average molecular weight is 348 g/mol. The normalized spacial score (nSPS) is 10.2. The average Bonchev–Trinajstić information content (AvgIpc) is 3.17. The molecule has 132 valence electrons. The largest absolute Gasteiger partial charge is 0.497 e. The first-order valence-corrected chi connectivity index (χ1v) is 8.09. The molecule has 26 heavy (non-hydrogen) atoms. The predicted molar refractivity (Wildman–Crippen MR) is 101 cm³/mol. The minimum atomic E-state index is -0.328. The van der Waals surface area contributed by atoms with Crippen LogP contribution in [-0.2, 0) is 0 Å². The highest BCUT2D eigenvalue weighted by Crippen LogP contribution is 2.21. The van der Waals surface area contributed by atoms with Crippen LogP contribution in [0.3, 0.4) is 0 Å². The monoisotopic (exact) mass is 348 g/mol. The number of nitrogens with zero attached hydrogens (tertiary/aromatic N) is 1. The molecule has 0 aliphatic rings. The van der Waals surface area contributed by atoms with E-state index in [4.69, 9.17) is 4.74 Å². The van der Waals surface area contributed by atoms with Crippen LogP contribution in [0, 0.1) is 6.92 Å². The van der Waals surface area contributed by atoms with Gasteiger partial charge in [0.25, 0.3) is 5.91 Å². The van der Waals surface area contributed by atoms with Crippen LogP contribution in [0.5, 0.6) is 5.75 Å². The second-order valence-electron chi connectivity index (χ2n) is 5.82. The second kappa shape index (κ2) is 7.57. The SMILES string of the molecule is C=C(NNC(=O)c1cc(-c2ccc(OC)cc2)n[nH]1)c1ccc(C)cc1. The summed E-state index contributed by atoms with van der Waals surface area (Å²) in [5, 5.41) is 6.92. The summed E-state index contributed by atoms with van der Waals surface area (Å²) in [7, 11) is 1.61. The van der Waals surface area contributed by atoms with Gasteiger partial charge in [-0.2, -0.15) is 5.10 Å². The molecule has 0 bridgehead atoms. The Morgan fingerprint density at radius 2 is 1.77 bits per heavy atom. The number of hydrogen-bond acceptors (Lipinski definition) is 4. The number of aryl methyl sites for hydroxylation is 1. The molecule has 3 rings (SSSR count). The summed E-state index contributed by atoms with van der Waals surface area (Å²) in [4.78, 5) is 12.3. The van der Waals surface area contributed by atoms with Gasteiger partial charge in [-0.15, -0.1) is 0 Å². The van der Waals surface area contributed by atoms with Crippen LogP contribution in [0.25, 0.3) is 17.0 Å². The number of nitrogens with one attached hydrogen (secondary N) is 3. The molecule has 1 amide bonds. The van der Waals surface area contributed by atoms with Gasteiger partial charge in [-0.25, -0.2) is 0 Å². The van der Waals surface area contributed by atoms with Gasteiger partial charge in [-0.05, 0) is 42.8 Å². The number of carbonyl (C=O) groups is 1. The number of hydrazine groups is 1. The minimum Gasteiger partial charge on any atom is -0.497 e. The Balaban J connectivity index is 1.62. The Bertz CT molecular complexity index is 912. The van der Waals surface area contributed by atoms with E-state index in [0.717, 1.165) is 22.4 Å². The van der Waals surface area contributed by atoms with E-state index in [1.54, 1.807) is 13.2 Å². The molecule has 3 aromatic rings. The van der Waals surface area contributed by atoms with Crippen LogP contribution in [0.2, 0.25) is 0 Å². The molecule has 0 radical (unpaired) electrons. The number of aromatic amines is 1. The number of rotatable bonds is 6.